The monoisotopic (exact) mass is 388 g/mol. The van der Waals surface area contributed by atoms with Crippen LogP contribution in [0.5, 0.6) is 5.75 Å². The number of hydrogen-bond donors (Lipinski definition) is 2. The summed E-state index contributed by atoms with van der Waals surface area (Å²) in [4.78, 5) is 24.3. The molecule has 2 aromatic rings. The molecule has 1 atom stereocenters. The minimum Gasteiger partial charge on any atom is -0.495 e. The highest BCUT2D eigenvalue weighted by molar-refractivity contribution is 7.94. The predicted octanol–water partition coefficient (Wildman–Crippen LogP) is 2.37. The molecular formula is C19H20N2O5S. The van der Waals surface area contributed by atoms with E-state index < -0.39 is 21.9 Å². The number of Topliss-reactive ketones (excluding diaryl/α,β-unsaturated/α-hetero) is 1. The minimum absolute atomic E-state index is 0.00497. The highest BCUT2D eigenvalue weighted by Gasteiger charge is 2.23. The van der Waals surface area contributed by atoms with Crippen molar-refractivity contribution in [3.8, 4) is 5.75 Å². The number of methoxy groups -OCH3 is 1. The summed E-state index contributed by atoms with van der Waals surface area (Å²) in [7, 11) is -2.26. The van der Waals surface area contributed by atoms with Crippen LogP contribution in [0, 0.1) is 0 Å². The molecule has 0 spiro atoms. The van der Waals surface area contributed by atoms with Crippen LogP contribution in [0.15, 0.2) is 65.4 Å². The Morgan fingerprint density at radius 2 is 1.81 bits per heavy atom. The third-order valence-electron chi connectivity index (χ3n) is 3.69. The quantitative estimate of drug-likeness (QED) is 0.532. The van der Waals surface area contributed by atoms with Crippen LogP contribution in [0.4, 0.5) is 5.69 Å². The van der Waals surface area contributed by atoms with Crippen LogP contribution in [-0.2, 0) is 14.6 Å². The van der Waals surface area contributed by atoms with E-state index in [0.29, 0.717) is 11.3 Å². The number of ether oxygens (including phenoxy) is 1. The van der Waals surface area contributed by atoms with Gasteiger partial charge in [0.05, 0.1) is 17.7 Å². The molecule has 2 rings (SSSR count). The maximum Gasteiger partial charge on any atom is 0.218 e. The number of hydrogen-bond acceptors (Lipinski definition) is 6. The number of carbonyl (C=O) groups is 2. The first-order chi connectivity index (χ1) is 12.8. The van der Waals surface area contributed by atoms with Gasteiger partial charge in [-0.1, -0.05) is 36.9 Å². The molecule has 0 heterocycles. The number of carbonyl (C=O) groups excluding carboxylic acids is 2. The smallest absolute Gasteiger partial charge is 0.218 e. The molecule has 0 bridgehead atoms. The number of benzene rings is 2. The van der Waals surface area contributed by atoms with Crippen molar-refractivity contribution in [2.45, 2.75) is 18.0 Å². The van der Waals surface area contributed by atoms with Crippen LogP contribution in [0.3, 0.4) is 0 Å². The molecule has 2 N–H and O–H groups in total. The van der Waals surface area contributed by atoms with Gasteiger partial charge in [-0.2, -0.15) is 0 Å². The molecule has 2 aromatic carbocycles. The third kappa shape index (κ3) is 4.95. The number of anilines is 1. The van der Waals surface area contributed by atoms with Gasteiger partial charge in [0, 0.05) is 24.0 Å². The molecule has 1 amide bonds. The van der Waals surface area contributed by atoms with Gasteiger partial charge in [-0.25, -0.2) is 8.42 Å². The van der Waals surface area contributed by atoms with Crippen molar-refractivity contribution >= 4 is 27.2 Å². The zero-order chi connectivity index (χ0) is 20.0. The van der Waals surface area contributed by atoms with E-state index in [4.69, 9.17) is 4.74 Å². The molecule has 0 aliphatic rings. The molecular weight excluding hydrogens is 368 g/mol. The van der Waals surface area contributed by atoms with E-state index in [-0.39, 0.29) is 16.4 Å². The Balaban J connectivity index is 2.38. The minimum atomic E-state index is -3.63. The first-order valence-electron chi connectivity index (χ1n) is 7.97. The van der Waals surface area contributed by atoms with Crippen LogP contribution in [0.2, 0.25) is 0 Å². The first kappa shape index (κ1) is 20.2. The predicted molar refractivity (Wildman–Crippen MR) is 102 cm³/mol. The zero-order valence-electron chi connectivity index (χ0n) is 14.9. The number of rotatable bonds is 8. The van der Waals surface area contributed by atoms with E-state index in [0.717, 1.165) is 5.41 Å². The Kier molecular flexibility index (Phi) is 6.36. The highest BCUT2D eigenvalue weighted by atomic mass is 32.2. The summed E-state index contributed by atoms with van der Waals surface area (Å²) in [6.45, 7) is 4.58. The fourth-order valence-corrected chi connectivity index (χ4v) is 3.08. The lowest BCUT2D eigenvalue weighted by Crippen LogP contribution is -2.45. The first-order valence-corrected chi connectivity index (χ1v) is 9.51. The van der Waals surface area contributed by atoms with E-state index in [1.54, 1.807) is 30.3 Å². The van der Waals surface area contributed by atoms with Gasteiger partial charge in [0.15, 0.2) is 16.0 Å². The molecule has 27 heavy (non-hydrogen) atoms. The van der Waals surface area contributed by atoms with Crippen molar-refractivity contribution in [2.24, 2.45) is 0 Å². The van der Waals surface area contributed by atoms with Crippen molar-refractivity contribution in [3.63, 3.8) is 0 Å². The summed E-state index contributed by atoms with van der Waals surface area (Å²) in [6.07, 6.45) is -1.05. The Labute approximate surface area is 158 Å². The second-order valence-corrected chi connectivity index (χ2v) is 7.48. The summed E-state index contributed by atoms with van der Waals surface area (Å²) in [5, 5.41) is 6.28. The summed E-state index contributed by atoms with van der Waals surface area (Å²) >= 11 is 0. The molecule has 0 saturated carbocycles. The lowest BCUT2D eigenvalue weighted by atomic mass is 10.1. The normalized spacial score (nSPS) is 11.9. The topological polar surface area (TPSA) is 102 Å². The van der Waals surface area contributed by atoms with Crippen LogP contribution in [0.1, 0.15) is 17.3 Å². The fourth-order valence-electron chi connectivity index (χ4n) is 2.36. The van der Waals surface area contributed by atoms with Gasteiger partial charge in [-0.3, -0.25) is 9.59 Å². The van der Waals surface area contributed by atoms with E-state index in [1.165, 1.54) is 32.2 Å². The molecule has 0 aliphatic carbocycles. The Hall–Kier alpha value is -3.13. The van der Waals surface area contributed by atoms with Crippen LogP contribution < -0.4 is 15.4 Å². The van der Waals surface area contributed by atoms with Crippen LogP contribution in [-0.4, -0.2) is 33.4 Å². The molecule has 0 unspecified atom stereocenters. The summed E-state index contributed by atoms with van der Waals surface area (Å²) in [5.74, 6) is -0.550. The van der Waals surface area contributed by atoms with Gasteiger partial charge in [0.2, 0.25) is 11.7 Å². The van der Waals surface area contributed by atoms with Crippen molar-refractivity contribution in [2.75, 3.05) is 12.4 Å². The van der Waals surface area contributed by atoms with E-state index >= 15 is 0 Å². The summed E-state index contributed by atoms with van der Waals surface area (Å²) in [5.41, 5.74) is 0.761. The molecule has 8 heteroatoms. The Morgan fingerprint density at radius 1 is 1.15 bits per heavy atom. The van der Waals surface area contributed by atoms with Crippen molar-refractivity contribution < 1.29 is 22.7 Å². The SMILES string of the molecule is C=CS(=O)(=O)c1ccc(N[C@H](NC(C)=O)C(=O)c2ccccc2)c(OC)c1. The number of amides is 1. The van der Waals surface area contributed by atoms with Crippen molar-refractivity contribution in [3.05, 3.63) is 66.1 Å². The zero-order valence-corrected chi connectivity index (χ0v) is 15.7. The molecule has 7 nitrogen and oxygen atoms in total. The molecule has 0 aliphatic heterocycles. The third-order valence-corrected chi connectivity index (χ3v) is 5.04. The molecule has 0 radical (unpaired) electrons. The molecule has 0 aromatic heterocycles. The Bertz CT molecular complexity index is 955. The van der Waals surface area contributed by atoms with Crippen LogP contribution in [0.25, 0.3) is 0 Å². The second-order valence-electron chi connectivity index (χ2n) is 5.58. The number of ketones is 1. The Morgan fingerprint density at radius 3 is 2.37 bits per heavy atom. The largest absolute Gasteiger partial charge is 0.495 e. The lowest BCUT2D eigenvalue weighted by molar-refractivity contribution is -0.119. The maximum absolute atomic E-state index is 12.7. The maximum atomic E-state index is 12.7. The van der Waals surface area contributed by atoms with Crippen LogP contribution >= 0.6 is 0 Å². The summed E-state index contributed by atoms with van der Waals surface area (Å²) < 4.78 is 29.1. The fraction of sp³-hybridized carbons (Fsp3) is 0.158. The molecule has 142 valence electrons. The second kappa shape index (κ2) is 8.50. The van der Waals surface area contributed by atoms with Crippen molar-refractivity contribution in [1.29, 1.82) is 0 Å². The molecule has 0 saturated heterocycles. The van der Waals surface area contributed by atoms with Gasteiger partial charge in [0.25, 0.3) is 0 Å². The van der Waals surface area contributed by atoms with E-state index in [2.05, 4.69) is 17.2 Å². The van der Waals surface area contributed by atoms with E-state index in [9.17, 15) is 18.0 Å². The average Bonchev–Trinajstić information content (AvgIpc) is 2.67. The van der Waals surface area contributed by atoms with E-state index in [1.807, 2.05) is 0 Å². The standard InChI is InChI=1S/C19H20N2O5S/c1-4-27(24,25)15-10-11-16(17(12-15)26-3)21-19(20-13(2)22)18(23)14-8-6-5-7-9-14/h4-12,19,21H,1H2,2-3H3,(H,20,22)/t19-/m0/s1. The number of nitrogens with one attached hydrogen (secondary N) is 2. The van der Waals surface area contributed by atoms with Gasteiger partial charge in [-0.05, 0) is 12.1 Å². The van der Waals surface area contributed by atoms with Gasteiger partial charge >= 0.3 is 0 Å². The van der Waals surface area contributed by atoms with Crippen molar-refractivity contribution in [1.82, 2.24) is 5.32 Å². The highest BCUT2D eigenvalue weighted by Crippen LogP contribution is 2.29. The average molecular weight is 388 g/mol. The lowest BCUT2D eigenvalue weighted by Gasteiger charge is -2.21. The summed E-state index contributed by atoms with van der Waals surface area (Å²) in [6, 6.07) is 12.6. The van der Waals surface area contributed by atoms with Gasteiger partial charge < -0.3 is 15.4 Å². The van der Waals surface area contributed by atoms with Gasteiger partial charge in [0.1, 0.15) is 5.75 Å². The van der Waals surface area contributed by atoms with Gasteiger partial charge in [-0.15, -0.1) is 0 Å². The molecule has 0 fully saturated rings. The number of sulfone groups is 1.